The Morgan fingerprint density at radius 1 is 0.870 bits per heavy atom. The van der Waals surface area contributed by atoms with E-state index in [4.69, 9.17) is 10.7 Å². The molecule has 0 unspecified atom stereocenters. The van der Waals surface area contributed by atoms with E-state index in [0.717, 1.165) is 39.4 Å². The maximum Gasteiger partial charge on any atom is 0.145 e. The fourth-order valence-corrected chi connectivity index (χ4v) is 2.86. The third-order valence-corrected chi connectivity index (χ3v) is 4.09. The van der Waals surface area contributed by atoms with Crippen molar-refractivity contribution in [3.8, 4) is 17.1 Å². The van der Waals surface area contributed by atoms with Gasteiger partial charge in [-0.05, 0) is 36.8 Å². The minimum atomic E-state index is 0.786. The van der Waals surface area contributed by atoms with Crippen molar-refractivity contribution in [1.29, 1.82) is 0 Å². The van der Waals surface area contributed by atoms with Crippen LogP contribution in [0.15, 0.2) is 72.8 Å². The number of nitrogens with two attached hydrogens (primary N) is 1. The molecule has 1 heterocycles. The van der Waals surface area contributed by atoms with Crippen molar-refractivity contribution < 1.29 is 0 Å². The second-order valence-electron chi connectivity index (χ2n) is 5.67. The Balaban J connectivity index is 2.09. The summed E-state index contributed by atoms with van der Waals surface area (Å²) in [4.78, 5) is 4.87. The van der Waals surface area contributed by atoms with Crippen molar-refractivity contribution in [3.05, 3.63) is 78.4 Å². The van der Waals surface area contributed by atoms with Gasteiger partial charge in [0.15, 0.2) is 0 Å². The van der Waals surface area contributed by atoms with E-state index in [2.05, 4.69) is 34.9 Å². The molecule has 0 radical (unpaired) electrons. The van der Waals surface area contributed by atoms with Gasteiger partial charge in [0.05, 0.1) is 11.0 Å². The second kappa shape index (κ2) is 5.29. The van der Waals surface area contributed by atoms with E-state index in [0.29, 0.717) is 0 Å². The standard InChI is InChI=1S/C20H17N3/c1-14-12-18-19(13-17(14)21)23(16-10-6-3-7-11-16)20(22-18)15-8-4-2-5-9-15/h2-13H,21H2,1H3. The van der Waals surface area contributed by atoms with Crippen LogP contribution in [0.2, 0.25) is 0 Å². The lowest BCUT2D eigenvalue weighted by atomic mass is 10.1. The first kappa shape index (κ1) is 13.6. The van der Waals surface area contributed by atoms with Crippen LogP contribution in [0.3, 0.4) is 0 Å². The lowest BCUT2D eigenvalue weighted by molar-refractivity contribution is 1.10. The molecule has 112 valence electrons. The van der Waals surface area contributed by atoms with Crippen LogP contribution < -0.4 is 5.73 Å². The van der Waals surface area contributed by atoms with Crippen molar-refractivity contribution in [2.45, 2.75) is 6.92 Å². The minimum absolute atomic E-state index is 0.786. The Morgan fingerprint density at radius 2 is 1.52 bits per heavy atom. The minimum Gasteiger partial charge on any atom is -0.398 e. The first-order valence-electron chi connectivity index (χ1n) is 7.63. The molecule has 0 fully saturated rings. The molecule has 3 heteroatoms. The van der Waals surface area contributed by atoms with Crippen molar-refractivity contribution in [2.75, 3.05) is 5.73 Å². The first-order chi connectivity index (χ1) is 11.2. The number of aromatic nitrogens is 2. The highest BCUT2D eigenvalue weighted by Crippen LogP contribution is 2.30. The predicted molar refractivity (Wildman–Crippen MR) is 95.7 cm³/mol. The molecule has 0 aliphatic heterocycles. The summed E-state index contributed by atoms with van der Waals surface area (Å²) in [7, 11) is 0. The van der Waals surface area contributed by atoms with Crippen LogP contribution in [-0.4, -0.2) is 9.55 Å². The van der Waals surface area contributed by atoms with E-state index >= 15 is 0 Å². The quantitative estimate of drug-likeness (QED) is 0.550. The van der Waals surface area contributed by atoms with Gasteiger partial charge in [-0.1, -0.05) is 48.5 Å². The number of nitrogen functional groups attached to an aromatic ring is 1. The molecule has 0 atom stereocenters. The Labute approximate surface area is 135 Å². The number of benzene rings is 3. The van der Waals surface area contributed by atoms with Crippen LogP contribution in [0.1, 0.15) is 5.56 Å². The molecule has 2 N–H and O–H groups in total. The molecule has 3 nitrogen and oxygen atoms in total. The third-order valence-electron chi connectivity index (χ3n) is 4.09. The molecule has 0 spiro atoms. The molecule has 0 aliphatic rings. The summed E-state index contributed by atoms with van der Waals surface area (Å²) in [6.07, 6.45) is 0. The fraction of sp³-hybridized carbons (Fsp3) is 0.0500. The molecular formula is C20H17N3. The van der Waals surface area contributed by atoms with E-state index < -0.39 is 0 Å². The molecule has 4 rings (SSSR count). The van der Waals surface area contributed by atoms with Gasteiger partial charge in [0.1, 0.15) is 5.82 Å². The van der Waals surface area contributed by atoms with Crippen molar-refractivity contribution in [3.63, 3.8) is 0 Å². The summed E-state index contributed by atoms with van der Waals surface area (Å²) in [6, 6.07) is 24.6. The van der Waals surface area contributed by atoms with E-state index in [1.54, 1.807) is 0 Å². The van der Waals surface area contributed by atoms with Crippen molar-refractivity contribution in [1.82, 2.24) is 9.55 Å². The van der Waals surface area contributed by atoms with Crippen LogP contribution in [0.25, 0.3) is 28.1 Å². The van der Waals surface area contributed by atoms with Gasteiger partial charge in [0.2, 0.25) is 0 Å². The van der Waals surface area contributed by atoms with Crippen LogP contribution in [-0.2, 0) is 0 Å². The summed E-state index contributed by atoms with van der Waals surface area (Å²) >= 11 is 0. The molecule has 3 aromatic carbocycles. The van der Waals surface area contributed by atoms with E-state index in [-0.39, 0.29) is 0 Å². The zero-order valence-electron chi connectivity index (χ0n) is 12.9. The number of hydrogen-bond acceptors (Lipinski definition) is 2. The molecular weight excluding hydrogens is 282 g/mol. The van der Waals surface area contributed by atoms with Gasteiger partial charge < -0.3 is 5.73 Å². The van der Waals surface area contributed by atoms with Crippen LogP contribution in [0.5, 0.6) is 0 Å². The van der Waals surface area contributed by atoms with Gasteiger partial charge in [-0.25, -0.2) is 4.98 Å². The average Bonchev–Trinajstić information content (AvgIpc) is 2.95. The van der Waals surface area contributed by atoms with Crippen LogP contribution >= 0.6 is 0 Å². The molecule has 0 aliphatic carbocycles. The highest BCUT2D eigenvalue weighted by atomic mass is 15.1. The number of rotatable bonds is 2. The molecule has 23 heavy (non-hydrogen) atoms. The van der Waals surface area contributed by atoms with Gasteiger partial charge >= 0.3 is 0 Å². The topological polar surface area (TPSA) is 43.8 Å². The van der Waals surface area contributed by atoms with Gasteiger partial charge in [0, 0.05) is 16.9 Å². The van der Waals surface area contributed by atoms with E-state index in [9.17, 15) is 0 Å². The summed E-state index contributed by atoms with van der Waals surface area (Å²) < 4.78 is 2.17. The Hall–Kier alpha value is -3.07. The van der Waals surface area contributed by atoms with Crippen molar-refractivity contribution >= 4 is 16.7 Å². The summed E-state index contributed by atoms with van der Waals surface area (Å²) in [6.45, 7) is 2.01. The highest BCUT2D eigenvalue weighted by Gasteiger charge is 2.15. The maximum atomic E-state index is 6.14. The fourth-order valence-electron chi connectivity index (χ4n) is 2.86. The highest BCUT2D eigenvalue weighted by molar-refractivity contribution is 5.86. The average molecular weight is 299 g/mol. The monoisotopic (exact) mass is 299 g/mol. The smallest absolute Gasteiger partial charge is 0.145 e. The predicted octanol–water partition coefficient (Wildman–Crippen LogP) is 4.58. The zero-order chi connectivity index (χ0) is 15.8. The number of fused-ring (bicyclic) bond motifs is 1. The summed E-state index contributed by atoms with van der Waals surface area (Å²) in [5, 5.41) is 0. The number of para-hydroxylation sites is 1. The normalized spacial score (nSPS) is 11.0. The number of aryl methyl sites for hydroxylation is 1. The summed E-state index contributed by atoms with van der Waals surface area (Å²) in [5.41, 5.74) is 12.1. The van der Waals surface area contributed by atoms with Crippen molar-refractivity contribution in [2.24, 2.45) is 0 Å². The van der Waals surface area contributed by atoms with Gasteiger partial charge in [-0.15, -0.1) is 0 Å². The molecule has 0 bridgehead atoms. The molecule has 0 amide bonds. The van der Waals surface area contributed by atoms with E-state index in [1.165, 1.54) is 0 Å². The lowest BCUT2D eigenvalue weighted by Crippen LogP contribution is -1.98. The lowest BCUT2D eigenvalue weighted by Gasteiger charge is -2.10. The summed E-state index contributed by atoms with van der Waals surface area (Å²) in [5.74, 6) is 0.928. The molecule has 4 aromatic rings. The largest absolute Gasteiger partial charge is 0.398 e. The second-order valence-corrected chi connectivity index (χ2v) is 5.67. The van der Waals surface area contributed by atoms with Gasteiger partial charge in [-0.2, -0.15) is 0 Å². The Kier molecular flexibility index (Phi) is 3.12. The van der Waals surface area contributed by atoms with Crippen LogP contribution in [0.4, 0.5) is 5.69 Å². The number of hydrogen-bond donors (Lipinski definition) is 1. The SMILES string of the molecule is Cc1cc2nc(-c3ccccc3)n(-c3ccccc3)c2cc1N. The molecule has 1 aromatic heterocycles. The zero-order valence-corrected chi connectivity index (χ0v) is 12.9. The molecule has 0 saturated carbocycles. The third kappa shape index (κ3) is 2.27. The Morgan fingerprint density at radius 3 is 2.22 bits per heavy atom. The number of anilines is 1. The van der Waals surface area contributed by atoms with Crippen LogP contribution in [0, 0.1) is 6.92 Å². The number of imidazole rings is 1. The first-order valence-corrected chi connectivity index (χ1v) is 7.63. The van der Waals surface area contributed by atoms with Gasteiger partial charge in [-0.3, -0.25) is 4.57 Å². The number of nitrogens with zero attached hydrogens (tertiary/aromatic N) is 2. The Bertz CT molecular complexity index is 970. The maximum absolute atomic E-state index is 6.14. The molecule has 0 saturated heterocycles. The van der Waals surface area contributed by atoms with E-state index in [1.807, 2.05) is 49.4 Å². The van der Waals surface area contributed by atoms with Gasteiger partial charge in [0.25, 0.3) is 0 Å².